The summed E-state index contributed by atoms with van der Waals surface area (Å²) in [6.45, 7) is 10.6. The second-order valence-electron chi connectivity index (χ2n) is 5.78. The van der Waals surface area contributed by atoms with Crippen molar-refractivity contribution in [3.05, 3.63) is 0 Å². The zero-order chi connectivity index (χ0) is 12.7. The average molecular weight is 241 g/mol. The molecule has 102 valence electrons. The molecule has 17 heavy (non-hydrogen) atoms. The number of nitrogens with one attached hydrogen (secondary N) is 1. The van der Waals surface area contributed by atoms with Crippen LogP contribution in [-0.2, 0) is 0 Å². The molecule has 1 heterocycles. The summed E-state index contributed by atoms with van der Waals surface area (Å²) in [6, 6.07) is 0.805. The minimum atomic E-state index is 0.756. The summed E-state index contributed by atoms with van der Waals surface area (Å²) in [7, 11) is 4.53. The van der Waals surface area contributed by atoms with Crippen molar-refractivity contribution in [1.29, 1.82) is 0 Å². The van der Waals surface area contributed by atoms with E-state index in [1.165, 1.54) is 38.9 Å². The SMILES string of the molecule is CCCNCC(C)CN(C)C1CCN(C)CC1. The molecule has 1 aliphatic heterocycles. The standard InChI is InChI=1S/C14H31N3/c1-5-8-15-11-13(2)12-17(4)14-6-9-16(3)10-7-14/h13-15H,5-12H2,1-4H3. The summed E-state index contributed by atoms with van der Waals surface area (Å²) in [4.78, 5) is 5.02. The van der Waals surface area contributed by atoms with Gasteiger partial charge in [-0.05, 0) is 65.5 Å². The number of likely N-dealkylation sites (tertiary alicyclic amines) is 1. The summed E-state index contributed by atoms with van der Waals surface area (Å²) in [5, 5.41) is 3.52. The minimum absolute atomic E-state index is 0.756. The maximum Gasteiger partial charge on any atom is 0.0117 e. The first kappa shape index (κ1) is 14.9. The molecule has 1 rings (SSSR count). The predicted octanol–water partition coefficient (Wildman–Crippen LogP) is 1.65. The van der Waals surface area contributed by atoms with Crippen molar-refractivity contribution in [2.75, 3.05) is 46.8 Å². The highest BCUT2D eigenvalue weighted by atomic mass is 15.2. The summed E-state index contributed by atoms with van der Waals surface area (Å²) in [6.07, 6.45) is 3.90. The smallest absolute Gasteiger partial charge is 0.0117 e. The monoisotopic (exact) mass is 241 g/mol. The highest BCUT2D eigenvalue weighted by Crippen LogP contribution is 2.15. The largest absolute Gasteiger partial charge is 0.316 e. The van der Waals surface area contributed by atoms with Crippen LogP contribution in [0.5, 0.6) is 0 Å². The normalized spacial score (nSPS) is 21.0. The first-order valence-electron chi connectivity index (χ1n) is 7.23. The molecule has 1 N–H and O–H groups in total. The van der Waals surface area contributed by atoms with E-state index in [0.717, 1.165) is 25.0 Å². The van der Waals surface area contributed by atoms with Gasteiger partial charge in [0.05, 0.1) is 0 Å². The lowest BCUT2D eigenvalue weighted by Crippen LogP contribution is -2.44. The fourth-order valence-electron chi connectivity index (χ4n) is 2.67. The Labute approximate surface area is 108 Å². The number of hydrogen-bond donors (Lipinski definition) is 1. The molecule has 1 fully saturated rings. The van der Waals surface area contributed by atoms with Gasteiger partial charge in [-0.15, -0.1) is 0 Å². The van der Waals surface area contributed by atoms with Gasteiger partial charge in [-0.25, -0.2) is 0 Å². The molecule has 3 heteroatoms. The van der Waals surface area contributed by atoms with Crippen LogP contribution in [0, 0.1) is 5.92 Å². The molecule has 1 atom stereocenters. The van der Waals surface area contributed by atoms with Gasteiger partial charge in [-0.3, -0.25) is 0 Å². The lowest BCUT2D eigenvalue weighted by Gasteiger charge is -2.36. The maximum atomic E-state index is 3.52. The van der Waals surface area contributed by atoms with Gasteiger partial charge in [0.1, 0.15) is 0 Å². The van der Waals surface area contributed by atoms with Crippen molar-refractivity contribution >= 4 is 0 Å². The summed E-state index contributed by atoms with van der Waals surface area (Å²) < 4.78 is 0. The minimum Gasteiger partial charge on any atom is -0.316 e. The molecule has 3 nitrogen and oxygen atoms in total. The third-order valence-corrected chi connectivity index (χ3v) is 3.83. The van der Waals surface area contributed by atoms with E-state index in [1.807, 2.05) is 0 Å². The van der Waals surface area contributed by atoms with Gasteiger partial charge in [0, 0.05) is 12.6 Å². The Morgan fingerprint density at radius 1 is 1.35 bits per heavy atom. The predicted molar refractivity (Wildman–Crippen MR) is 75.5 cm³/mol. The summed E-state index contributed by atoms with van der Waals surface area (Å²) in [5.41, 5.74) is 0. The van der Waals surface area contributed by atoms with E-state index in [1.54, 1.807) is 0 Å². The Morgan fingerprint density at radius 3 is 2.59 bits per heavy atom. The molecular formula is C14H31N3. The Kier molecular flexibility index (Phi) is 7.09. The van der Waals surface area contributed by atoms with Crippen LogP contribution in [0.2, 0.25) is 0 Å². The van der Waals surface area contributed by atoms with Crippen molar-refractivity contribution in [3.63, 3.8) is 0 Å². The van der Waals surface area contributed by atoms with Crippen LogP contribution < -0.4 is 5.32 Å². The van der Waals surface area contributed by atoms with Crippen LogP contribution >= 0.6 is 0 Å². The summed E-state index contributed by atoms with van der Waals surface area (Å²) >= 11 is 0. The van der Waals surface area contributed by atoms with Gasteiger partial charge in [0.15, 0.2) is 0 Å². The van der Waals surface area contributed by atoms with Crippen molar-refractivity contribution in [2.24, 2.45) is 5.92 Å². The molecule has 0 aliphatic carbocycles. The van der Waals surface area contributed by atoms with Crippen molar-refractivity contribution < 1.29 is 0 Å². The molecule has 0 saturated carbocycles. The van der Waals surface area contributed by atoms with Gasteiger partial charge in [-0.2, -0.15) is 0 Å². The number of hydrogen-bond acceptors (Lipinski definition) is 3. The van der Waals surface area contributed by atoms with E-state index in [4.69, 9.17) is 0 Å². The van der Waals surface area contributed by atoms with Crippen molar-refractivity contribution in [1.82, 2.24) is 15.1 Å². The quantitative estimate of drug-likeness (QED) is 0.684. The highest BCUT2D eigenvalue weighted by molar-refractivity contribution is 4.77. The molecular weight excluding hydrogens is 210 g/mol. The Balaban J connectivity index is 2.16. The highest BCUT2D eigenvalue weighted by Gasteiger charge is 2.21. The third kappa shape index (κ3) is 5.84. The van der Waals surface area contributed by atoms with E-state index in [9.17, 15) is 0 Å². The van der Waals surface area contributed by atoms with Gasteiger partial charge < -0.3 is 15.1 Å². The molecule has 0 aromatic heterocycles. The van der Waals surface area contributed by atoms with Crippen molar-refractivity contribution in [3.8, 4) is 0 Å². The molecule has 0 aromatic rings. The Morgan fingerprint density at radius 2 is 2.00 bits per heavy atom. The fraction of sp³-hybridized carbons (Fsp3) is 1.00. The molecule has 0 spiro atoms. The van der Waals surface area contributed by atoms with E-state index in [2.05, 4.69) is 43.1 Å². The topological polar surface area (TPSA) is 18.5 Å². The molecule has 1 saturated heterocycles. The Hall–Kier alpha value is -0.120. The van der Waals surface area contributed by atoms with Crippen LogP contribution in [-0.4, -0.2) is 62.7 Å². The average Bonchev–Trinajstić information content (AvgIpc) is 2.30. The maximum absolute atomic E-state index is 3.52. The first-order valence-corrected chi connectivity index (χ1v) is 7.23. The Bertz CT molecular complexity index is 188. The van der Waals surface area contributed by atoms with Gasteiger partial charge in [-0.1, -0.05) is 13.8 Å². The van der Waals surface area contributed by atoms with E-state index in [-0.39, 0.29) is 0 Å². The van der Waals surface area contributed by atoms with Gasteiger partial charge >= 0.3 is 0 Å². The molecule has 1 unspecified atom stereocenters. The second-order valence-corrected chi connectivity index (χ2v) is 5.78. The first-order chi connectivity index (χ1) is 8.13. The zero-order valence-electron chi connectivity index (χ0n) is 12.2. The molecule has 1 aliphatic rings. The lowest BCUT2D eigenvalue weighted by atomic mass is 10.0. The second kappa shape index (κ2) is 8.06. The van der Waals surface area contributed by atoms with Crippen LogP contribution in [0.1, 0.15) is 33.1 Å². The van der Waals surface area contributed by atoms with E-state index < -0.39 is 0 Å². The third-order valence-electron chi connectivity index (χ3n) is 3.83. The van der Waals surface area contributed by atoms with Crippen LogP contribution in [0.25, 0.3) is 0 Å². The van der Waals surface area contributed by atoms with Crippen LogP contribution in [0.3, 0.4) is 0 Å². The van der Waals surface area contributed by atoms with Crippen LogP contribution in [0.15, 0.2) is 0 Å². The molecule has 0 bridgehead atoms. The summed E-state index contributed by atoms with van der Waals surface area (Å²) in [5.74, 6) is 0.756. The van der Waals surface area contributed by atoms with Gasteiger partial charge in [0.25, 0.3) is 0 Å². The number of nitrogens with zero attached hydrogens (tertiary/aromatic N) is 2. The van der Waals surface area contributed by atoms with Crippen molar-refractivity contribution in [2.45, 2.75) is 39.2 Å². The number of rotatable bonds is 7. The molecule has 0 aromatic carbocycles. The lowest BCUT2D eigenvalue weighted by molar-refractivity contribution is 0.131. The fourth-order valence-corrected chi connectivity index (χ4v) is 2.67. The van der Waals surface area contributed by atoms with Gasteiger partial charge in [0.2, 0.25) is 0 Å². The van der Waals surface area contributed by atoms with Crippen LogP contribution in [0.4, 0.5) is 0 Å². The molecule has 0 amide bonds. The van der Waals surface area contributed by atoms with E-state index >= 15 is 0 Å². The van der Waals surface area contributed by atoms with E-state index in [0.29, 0.717) is 0 Å². The molecule has 0 radical (unpaired) electrons. The zero-order valence-corrected chi connectivity index (χ0v) is 12.2. The number of piperidine rings is 1.